The van der Waals surface area contributed by atoms with Gasteiger partial charge in [0, 0.05) is 43.4 Å². The van der Waals surface area contributed by atoms with E-state index in [1.54, 1.807) is 6.21 Å². The Balaban J connectivity index is 1.73. The largest absolute Gasteiger partial charge is 0.378 e. The Morgan fingerprint density at radius 3 is 2.75 bits per heavy atom. The van der Waals surface area contributed by atoms with Crippen molar-refractivity contribution < 1.29 is 9.53 Å². The Morgan fingerprint density at radius 1 is 1.32 bits per heavy atom. The van der Waals surface area contributed by atoms with Crippen LogP contribution in [0.15, 0.2) is 59.5 Å². The van der Waals surface area contributed by atoms with Crippen LogP contribution in [0.25, 0.3) is 0 Å². The number of rotatable bonds is 7. The van der Waals surface area contributed by atoms with Gasteiger partial charge in [0.1, 0.15) is 5.82 Å². The predicted molar refractivity (Wildman–Crippen MR) is 112 cm³/mol. The molecule has 2 aliphatic rings. The molecule has 1 aromatic carbocycles. The van der Waals surface area contributed by atoms with Gasteiger partial charge in [0.15, 0.2) is 0 Å². The van der Waals surface area contributed by atoms with Gasteiger partial charge in [-0.2, -0.15) is 5.10 Å². The van der Waals surface area contributed by atoms with E-state index in [0.29, 0.717) is 0 Å². The average molecular weight is 383 g/mol. The summed E-state index contributed by atoms with van der Waals surface area (Å²) in [6.45, 7) is 11.2. The molecular formula is C21H29N5O2. The first kappa shape index (κ1) is 19.9. The van der Waals surface area contributed by atoms with E-state index in [0.717, 1.165) is 57.1 Å². The molecular weight excluding hydrogens is 354 g/mol. The molecule has 150 valence electrons. The van der Waals surface area contributed by atoms with E-state index in [2.05, 4.69) is 39.1 Å². The number of benzene rings is 1. The van der Waals surface area contributed by atoms with Crippen molar-refractivity contribution in [2.75, 3.05) is 44.7 Å². The van der Waals surface area contributed by atoms with Gasteiger partial charge in [-0.15, -0.1) is 6.58 Å². The van der Waals surface area contributed by atoms with Crippen LogP contribution in [0.4, 0.5) is 10.5 Å². The summed E-state index contributed by atoms with van der Waals surface area (Å²) in [7, 11) is 0. The minimum absolute atomic E-state index is 0.187. The Morgan fingerprint density at radius 2 is 2.07 bits per heavy atom. The standard InChI is InChI=1S/C21H29N5O2/c1-3-10-26-16-17(4-2)19(20(26)25-11-13-28-14-12-25)15-22-24-21(27)23-18-8-6-5-7-9-18/h4-9,15,17H,2-3,10-14,16H2,1H3,(H2,23,24,27)/b22-15+. The van der Waals surface area contributed by atoms with Crippen LogP contribution in [0.5, 0.6) is 0 Å². The van der Waals surface area contributed by atoms with Crippen LogP contribution >= 0.6 is 0 Å². The van der Waals surface area contributed by atoms with E-state index in [-0.39, 0.29) is 11.9 Å². The van der Waals surface area contributed by atoms with Gasteiger partial charge in [0.2, 0.25) is 0 Å². The molecule has 2 N–H and O–H groups in total. The highest BCUT2D eigenvalue weighted by molar-refractivity contribution is 5.90. The van der Waals surface area contributed by atoms with Gasteiger partial charge in [0.05, 0.1) is 19.4 Å². The molecule has 1 saturated heterocycles. The number of urea groups is 1. The lowest BCUT2D eigenvalue weighted by Crippen LogP contribution is -2.41. The maximum Gasteiger partial charge on any atom is 0.339 e. The van der Waals surface area contributed by atoms with Crippen molar-refractivity contribution in [1.29, 1.82) is 0 Å². The molecule has 1 aromatic rings. The summed E-state index contributed by atoms with van der Waals surface area (Å²) in [4.78, 5) is 16.8. The molecule has 2 aliphatic heterocycles. The number of nitrogens with zero attached hydrogens (tertiary/aromatic N) is 3. The number of hydrogen-bond donors (Lipinski definition) is 2. The second-order valence-corrected chi connectivity index (χ2v) is 6.86. The molecule has 2 amide bonds. The molecule has 2 heterocycles. The highest BCUT2D eigenvalue weighted by atomic mass is 16.5. The first-order valence-corrected chi connectivity index (χ1v) is 9.82. The van der Waals surface area contributed by atoms with Gasteiger partial charge in [-0.25, -0.2) is 10.2 Å². The zero-order valence-corrected chi connectivity index (χ0v) is 16.4. The summed E-state index contributed by atoms with van der Waals surface area (Å²) in [5.74, 6) is 1.37. The number of nitrogens with one attached hydrogen (secondary N) is 2. The van der Waals surface area contributed by atoms with Crippen LogP contribution in [0.3, 0.4) is 0 Å². The molecule has 1 atom stereocenters. The Labute approximate surface area is 166 Å². The van der Waals surface area contributed by atoms with E-state index in [1.807, 2.05) is 36.4 Å². The normalized spacial score (nSPS) is 20.0. The SMILES string of the molecule is C=CC1CN(CCC)C(N2CCOCC2)=C1/C=N/NC(=O)Nc1ccccc1. The summed E-state index contributed by atoms with van der Waals surface area (Å²) < 4.78 is 5.51. The molecule has 0 bridgehead atoms. The summed E-state index contributed by atoms with van der Waals surface area (Å²) in [5.41, 5.74) is 4.37. The number of carbonyl (C=O) groups excluding carboxylic acids is 1. The first-order chi connectivity index (χ1) is 13.7. The van der Waals surface area contributed by atoms with Gasteiger partial charge in [-0.05, 0) is 18.6 Å². The lowest BCUT2D eigenvalue weighted by molar-refractivity contribution is 0.0397. The third kappa shape index (κ3) is 4.92. The van der Waals surface area contributed by atoms with E-state index in [1.165, 1.54) is 5.82 Å². The molecule has 7 nitrogen and oxygen atoms in total. The molecule has 28 heavy (non-hydrogen) atoms. The monoisotopic (exact) mass is 383 g/mol. The number of anilines is 1. The number of amides is 2. The van der Waals surface area contributed by atoms with Crippen LogP contribution in [0.1, 0.15) is 13.3 Å². The van der Waals surface area contributed by atoms with Crippen molar-refractivity contribution in [3.63, 3.8) is 0 Å². The lowest BCUT2D eigenvalue weighted by atomic mass is 10.0. The van der Waals surface area contributed by atoms with Crippen molar-refractivity contribution in [3.05, 3.63) is 54.4 Å². The third-order valence-electron chi connectivity index (χ3n) is 4.86. The third-order valence-corrected chi connectivity index (χ3v) is 4.86. The van der Waals surface area contributed by atoms with E-state index >= 15 is 0 Å². The van der Waals surface area contributed by atoms with Gasteiger partial charge in [0.25, 0.3) is 0 Å². The number of carbonyl (C=O) groups is 1. The molecule has 1 fully saturated rings. The van der Waals surface area contributed by atoms with E-state index < -0.39 is 0 Å². The van der Waals surface area contributed by atoms with Crippen molar-refractivity contribution in [1.82, 2.24) is 15.2 Å². The summed E-state index contributed by atoms with van der Waals surface area (Å²) in [6, 6.07) is 8.93. The number of morpholine rings is 1. The molecule has 0 aromatic heterocycles. The Hall–Kier alpha value is -2.80. The highest BCUT2D eigenvalue weighted by Crippen LogP contribution is 2.31. The second-order valence-electron chi connectivity index (χ2n) is 6.86. The van der Waals surface area contributed by atoms with Crippen LogP contribution in [-0.4, -0.2) is 61.4 Å². The number of ether oxygens (including phenoxy) is 1. The average Bonchev–Trinajstić information content (AvgIpc) is 3.07. The summed E-state index contributed by atoms with van der Waals surface area (Å²) >= 11 is 0. The molecule has 0 aliphatic carbocycles. The smallest absolute Gasteiger partial charge is 0.339 e. The van der Waals surface area contributed by atoms with Crippen molar-refractivity contribution in [3.8, 4) is 0 Å². The maximum atomic E-state index is 12.1. The van der Waals surface area contributed by atoms with Crippen molar-refractivity contribution >= 4 is 17.9 Å². The van der Waals surface area contributed by atoms with E-state index in [9.17, 15) is 4.79 Å². The second kappa shape index (κ2) is 9.94. The van der Waals surface area contributed by atoms with Gasteiger partial charge in [-0.1, -0.05) is 31.2 Å². The topological polar surface area (TPSA) is 69.2 Å². The van der Waals surface area contributed by atoms with Gasteiger partial charge in [-0.3, -0.25) is 0 Å². The first-order valence-electron chi connectivity index (χ1n) is 9.82. The Bertz CT molecular complexity index is 726. The summed E-state index contributed by atoms with van der Waals surface area (Å²) in [6.07, 6.45) is 4.79. The number of para-hydroxylation sites is 1. The molecule has 0 radical (unpaired) electrons. The molecule has 0 spiro atoms. The quantitative estimate of drug-likeness (QED) is 0.432. The summed E-state index contributed by atoms with van der Waals surface area (Å²) in [5, 5.41) is 6.97. The minimum atomic E-state index is -0.366. The minimum Gasteiger partial charge on any atom is -0.378 e. The van der Waals surface area contributed by atoms with Crippen LogP contribution in [0, 0.1) is 5.92 Å². The lowest BCUT2D eigenvalue weighted by Gasteiger charge is -2.35. The van der Waals surface area contributed by atoms with Crippen molar-refractivity contribution in [2.45, 2.75) is 13.3 Å². The zero-order valence-electron chi connectivity index (χ0n) is 16.4. The molecule has 0 saturated carbocycles. The number of hydrazone groups is 1. The van der Waals surface area contributed by atoms with Crippen LogP contribution in [-0.2, 0) is 4.74 Å². The number of hydrogen-bond acceptors (Lipinski definition) is 5. The zero-order chi connectivity index (χ0) is 19.8. The molecule has 1 unspecified atom stereocenters. The van der Waals surface area contributed by atoms with Crippen LogP contribution < -0.4 is 10.7 Å². The highest BCUT2D eigenvalue weighted by Gasteiger charge is 2.32. The van der Waals surface area contributed by atoms with Crippen molar-refractivity contribution in [2.24, 2.45) is 11.0 Å². The maximum absolute atomic E-state index is 12.1. The van der Waals surface area contributed by atoms with Gasteiger partial charge >= 0.3 is 6.03 Å². The van der Waals surface area contributed by atoms with Crippen LogP contribution in [0.2, 0.25) is 0 Å². The Kier molecular flexibility index (Phi) is 7.08. The fourth-order valence-corrected chi connectivity index (χ4v) is 3.59. The fraction of sp³-hybridized carbons (Fsp3) is 0.429. The molecule has 7 heteroatoms. The van der Waals surface area contributed by atoms with E-state index in [4.69, 9.17) is 4.74 Å². The molecule has 3 rings (SSSR count). The van der Waals surface area contributed by atoms with Gasteiger partial charge < -0.3 is 19.9 Å². The predicted octanol–water partition coefficient (Wildman–Crippen LogP) is 2.87. The fourth-order valence-electron chi connectivity index (χ4n) is 3.59.